The van der Waals surface area contributed by atoms with E-state index in [1.165, 1.54) is 42.4 Å². The van der Waals surface area contributed by atoms with Crippen LogP contribution < -0.4 is 0 Å². The first-order chi connectivity index (χ1) is 12.8. The molecule has 1 aliphatic rings. The molecule has 0 aromatic heterocycles. The average molecular weight is 358 g/mol. The Labute approximate surface area is 159 Å². The molecule has 0 aliphatic heterocycles. The van der Waals surface area contributed by atoms with Crippen LogP contribution in [0.3, 0.4) is 0 Å². The van der Waals surface area contributed by atoms with Gasteiger partial charge in [-0.05, 0) is 41.1 Å². The minimum Gasteiger partial charge on any atom is -0.134 e. The lowest BCUT2D eigenvalue weighted by Gasteiger charge is -2.47. The van der Waals surface area contributed by atoms with Crippen molar-refractivity contribution >= 4 is 9.24 Å². The Morgan fingerprint density at radius 1 is 0.577 bits per heavy atom. The molecular weight excluding hydrogens is 331 g/mol. The molecule has 3 atom stereocenters. The summed E-state index contributed by atoms with van der Waals surface area (Å²) in [6, 6.07) is 33.5. The maximum absolute atomic E-state index is 3.18. The van der Waals surface area contributed by atoms with Crippen LogP contribution in [-0.4, -0.2) is 5.66 Å². The summed E-state index contributed by atoms with van der Waals surface area (Å²) in [5, 5.41) is 0. The molecule has 132 valence electrons. The van der Waals surface area contributed by atoms with Crippen LogP contribution in [0, 0.1) is 5.92 Å². The molecule has 0 bridgehead atoms. The molecule has 3 aromatic rings. The number of benzene rings is 3. The van der Waals surface area contributed by atoms with E-state index in [-0.39, 0.29) is 5.41 Å². The molecular formula is C25H27P. The van der Waals surface area contributed by atoms with Gasteiger partial charge in [-0.15, -0.1) is 9.24 Å². The molecule has 26 heavy (non-hydrogen) atoms. The van der Waals surface area contributed by atoms with Crippen molar-refractivity contribution in [2.75, 3.05) is 0 Å². The standard InChI is InChI=1S/C25H27P/c26-24-19-11-10-18-23(24)25(20-12-4-1-5-13-20,21-14-6-2-7-15-21)22-16-8-3-9-17-22/h1-9,12-17,23-24H,10-11,18-19,26H2. The van der Waals surface area contributed by atoms with Gasteiger partial charge in [0.2, 0.25) is 0 Å². The van der Waals surface area contributed by atoms with Crippen molar-refractivity contribution in [2.45, 2.75) is 36.8 Å². The number of hydrogen-bond acceptors (Lipinski definition) is 0. The van der Waals surface area contributed by atoms with Crippen LogP contribution in [-0.2, 0) is 5.41 Å². The maximum atomic E-state index is 3.18. The zero-order chi connectivity index (χ0) is 17.8. The van der Waals surface area contributed by atoms with Crippen molar-refractivity contribution in [3.63, 3.8) is 0 Å². The van der Waals surface area contributed by atoms with Crippen molar-refractivity contribution in [3.8, 4) is 0 Å². The smallest absolute Gasteiger partial charge is 0.0485 e. The molecule has 3 unspecified atom stereocenters. The third-order valence-corrected chi connectivity index (χ3v) is 6.86. The molecule has 0 N–H and O–H groups in total. The van der Waals surface area contributed by atoms with Gasteiger partial charge in [0, 0.05) is 5.41 Å². The predicted octanol–water partition coefficient (Wildman–Crippen LogP) is 6.45. The van der Waals surface area contributed by atoms with E-state index in [1.54, 1.807) is 0 Å². The zero-order valence-corrected chi connectivity index (χ0v) is 16.4. The first kappa shape index (κ1) is 17.5. The molecule has 0 spiro atoms. The Morgan fingerprint density at radius 2 is 0.962 bits per heavy atom. The Hall–Kier alpha value is -1.91. The van der Waals surface area contributed by atoms with Crippen LogP contribution in [0.15, 0.2) is 91.0 Å². The summed E-state index contributed by atoms with van der Waals surface area (Å²) in [5.41, 5.74) is 4.77. The van der Waals surface area contributed by atoms with Gasteiger partial charge in [0.25, 0.3) is 0 Å². The molecule has 1 saturated carbocycles. The summed E-state index contributed by atoms with van der Waals surface area (Å²) in [5.74, 6) is 0.577. The molecule has 1 fully saturated rings. The van der Waals surface area contributed by atoms with E-state index in [2.05, 4.69) is 100 Å². The monoisotopic (exact) mass is 358 g/mol. The molecule has 4 rings (SSSR count). The van der Waals surface area contributed by atoms with E-state index in [0.717, 1.165) is 0 Å². The van der Waals surface area contributed by atoms with E-state index in [9.17, 15) is 0 Å². The SMILES string of the molecule is PC1CCCCC1C(c1ccccc1)(c1ccccc1)c1ccccc1. The first-order valence-corrected chi connectivity index (χ1v) is 10.4. The lowest BCUT2D eigenvalue weighted by Crippen LogP contribution is -2.43. The molecule has 3 aromatic carbocycles. The minimum absolute atomic E-state index is 0.101. The lowest BCUT2D eigenvalue weighted by atomic mass is 9.58. The molecule has 1 heteroatoms. The van der Waals surface area contributed by atoms with Gasteiger partial charge in [0.1, 0.15) is 0 Å². The van der Waals surface area contributed by atoms with Gasteiger partial charge in [0.05, 0.1) is 0 Å². The largest absolute Gasteiger partial charge is 0.134 e. The van der Waals surface area contributed by atoms with E-state index in [4.69, 9.17) is 0 Å². The quantitative estimate of drug-likeness (QED) is 0.371. The Bertz CT molecular complexity index is 714. The van der Waals surface area contributed by atoms with E-state index in [0.29, 0.717) is 11.6 Å². The van der Waals surface area contributed by atoms with Crippen LogP contribution in [0.2, 0.25) is 0 Å². The fourth-order valence-electron chi connectivity index (χ4n) is 4.94. The number of hydrogen-bond donors (Lipinski definition) is 0. The highest BCUT2D eigenvalue weighted by molar-refractivity contribution is 7.17. The Kier molecular flexibility index (Phi) is 5.23. The summed E-state index contributed by atoms with van der Waals surface area (Å²) in [4.78, 5) is 0. The van der Waals surface area contributed by atoms with Gasteiger partial charge in [-0.2, -0.15) is 0 Å². The molecule has 0 radical (unpaired) electrons. The second kappa shape index (κ2) is 7.77. The second-order valence-electron chi connectivity index (χ2n) is 7.46. The summed E-state index contributed by atoms with van der Waals surface area (Å²) in [6.07, 6.45) is 5.24. The normalized spacial score (nSPS) is 20.7. The van der Waals surface area contributed by atoms with Crippen LogP contribution in [0.25, 0.3) is 0 Å². The second-order valence-corrected chi connectivity index (χ2v) is 8.32. The molecule has 0 nitrogen and oxygen atoms in total. The average Bonchev–Trinajstić information content (AvgIpc) is 2.72. The van der Waals surface area contributed by atoms with Crippen LogP contribution >= 0.6 is 9.24 Å². The van der Waals surface area contributed by atoms with Crippen LogP contribution in [0.5, 0.6) is 0 Å². The van der Waals surface area contributed by atoms with E-state index < -0.39 is 0 Å². The molecule has 1 aliphatic carbocycles. The highest BCUT2D eigenvalue weighted by Crippen LogP contribution is 2.52. The molecule has 0 saturated heterocycles. The van der Waals surface area contributed by atoms with Crippen molar-refractivity contribution in [1.29, 1.82) is 0 Å². The van der Waals surface area contributed by atoms with E-state index in [1.807, 2.05) is 0 Å². The van der Waals surface area contributed by atoms with Crippen molar-refractivity contribution in [3.05, 3.63) is 108 Å². The van der Waals surface area contributed by atoms with Gasteiger partial charge in [-0.1, -0.05) is 104 Å². The molecule has 0 heterocycles. The zero-order valence-electron chi connectivity index (χ0n) is 15.2. The van der Waals surface area contributed by atoms with Crippen LogP contribution in [0.4, 0.5) is 0 Å². The predicted molar refractivity (Wildman–Crippen MR) is 115 cm³/mol. The van der Waals surface area contributed by atoms with Gasteiger partial charge >= 0.3 is 0 Å². The Morgan fingerprint density at radius 3 is 1.35 bits per heavy atom. The van der Waals surface area contributed by atoms with Crippen molar-refractivity contribution in [1.82, 2.24) is 0 Å². The third kappa shape index (κ3) is 3.01. The summed E-state index contributed by atoms with van der Waals surface area (Å²) in [6.45, 7) is 0. The fourth-order valence-corrected chi connectivity index (χ4v) is 5.66. The van der Waals surface area contributed by atoms with Gasteiger partial charge < -0.3 is 0 Å². The highest BCUT2D eigenvalue weighted by atomic mass is 31.0. The van der Waals surface area contributed by atoms with Gasteiger partial charge in [0.15, 0.2) is 0 Å². The van der Waals surface area contributed by atoms with Gasteiger partial charge in [-0.25, -0.2) is 0 Å². The summed E-state index contributed by atoms with van der Waals surface area (Å²) >= 11 is 0. The third-order valence-electron chi connectivity index (χ3n) is 6.06. The van der Waals surface area contributed by atoms with Crippen molar-refractivity contribution in [2.24, 2.45) is 5.92 Å². The summed E-state index contributed by atoms with van der Waals surface area (Å²) in [7, 11) is 3.18. The van der Waals surface area contributed by atoms with E-state index >= 15 is 0 Å². The summed E-state index contributed by atoms with van der Waals surface area (Å²) < 4.78 is 0. The van der Waals surface area contributed by atoms with Gasteiger partial charge in [-0.3, -0.25) is 0 Å². The maximum Gasteiger partial charge on any atom is 0.0485 e. The number of rotatable bonds is 4. The van der Waals surface area contributed by atoms with Crippen molar-refractivity contribution < 1.29 is 0 Å². The first-order valence-electron chi connectivity index (χ1n) is 9.75. The fraction of sp³-hybridized carbons (Fsp3) is 0.280. The Balaban J connectivity index is 2.03. The lowest BCUT2D eigenvalue weighted by molar-refractivity contribution is 0.280. The topological polar surface area (TPSA) is 0 Å². The van der Waals surface area contributed by atoms with Crippen LogP contribution in [0.1, 0.15) is 42.4 Å². The highest BCUT2D eigenvalue weighted by Gasteiger charge is 2.46. The minimum atomic E-state index is -0.101. The molecule has 0 amide bonds.